The van der Waals surface area contributed by atoms with E-state index in [1.54, 1.807) is 12.1 Å². The summed E-state index contributed by atoms with van der Waals surface area (Å²) in [6, 6.07) is 11.8. The van der Waals surface area contributed by atoms with Crippen LogP contribution in [0.25, 0.3) is 0 Å². The zero-order valence-electron chi connectivity index (χ0n) is 14.5. The van der Waals surface area contributed by atoms with E-state index in [-0.39, 0.29) is 5.91 Å². The van der Waals surface area contributed by atoms with Crippen LogP contribution in [-0.2, 0) is 13.1 Å². The fourth-order valence-electron chi connectivity index (χ4n) is 3.72. The fourth-order valence-corrected chi connectivity index (χ4v) is 3.72. The second-order valence-electron chi connectivity index (χ2n) is 7.07. The number of hydrogen-bond donors (Lipinski definition) is 1. The van der Waals surface area contributed by atoms with Gasteiger partial charge in [-0.1, -0.05) is 38.1 Å². The van der Waals surface area contributed by atoms with Crippen molar-refractivity contribution in [3.63, 3.8) is 0 Å². The molecule has 2 atom stereocenters. The van der Waals surface area contributed by atoms with Crippen LogP contribution in [0.15, 0.2) is 47.1 Å². The lowest BCUT2D eigenvalue weighted by molar-refractivity contribution is 0.0923. The SMILES string of the molecule is CC1CC(C)CN(Cc2ccccc2CNC(=O)c2ccco2)C1. The Morgan fingerprint density at radius 1 is 1.12 bits per heavy atom. The van der Waals surface area contributed by atoms with Gasteiger partial charge in [0.25, 0.3) is 5.91 Å². The molecule has 3 rings (SSSR count). The Hall–Kier alpha value is -2.07. The normalized spacial score (nSPS) is 21.6. The molecule has 0 saturated carbocycles. The first-order valence-electron chi connectivity index (χ1n) is 8.72. The van der Waals surface area contributed by atoms with Crippen molar-refractivity contribution in [1.29, 1.82) is 0 Å². The molecule has 1 saturated heterocycles. The van der Waals surface area contributed by atoms with E-state index in [1.807, 2.05) is 6.07 Å². The third kappa shape index (κ3) is 4.26. The summed E-state index contributed by atoms with van der Waals surface area (Å²) in [5.74, 6) is 1.68. The number of likely N-dealkylation sites (tertiary alicyclic amines) is 1. The average Bonchev–Trinajstić information content (AvgIpc) is 3.07. The first-order chi connectivity index (χ1) is 11.6. The zero-order valence-corrected chi connectivity index (χ0v) is 14.5. The van der Waals surface area contributed by atoms with E-state index in [4.69, 9.17) is 4.42 Å². The minimum absolute atomic E-state index is 0.171. The molecular formula is C20H26N2O2. The fraction of sp³-hybridized carbons (Fsp3) is 0.450. The second kappa shape index (κ2) is 7.67. The quantitative estimate of drug-likeness (QED) is 0.911. The minimum atomic E-state index is -0.171. The first-order valence-corrected chi connectivity index (χ1v) is 8.72. The lowest BCUT2D eigenvalue weighted by atomic mass is 9.91. The average molecular weight is 326 g/mol. The largest absolute Gasteiger partial charge is 0.459 e. The van der Waals surface area contributed by atoms with Crippen molar-refractivity contribution in [2.24, 2.45) is 11.8 Å². The molecule has 0 bridgehead atoms. The molecule has 1 aliphatic rings. The van der Waals surface area contributed by atoms with E-state index < -0.39 is 0 Å². The highest BCUT2D eigenvalue weighted by Crippen LogP contribution is 2.23. The maximum Gasteiger partial charge on any atom is 0.287 e. The van der Waals surface area contributed by atoms with Gasteiger partial charge < -0.3 is 9.73 Å². The molecule has 1 aliphatic heterocycles. The van der Waals surface area contributed by atoms with Crippen LogP contribution in [-0.4, -0.2) is 23.9 Å². The first kappa shape index (κ1) is 16.8. The second-order valence-corrected chi connectivity index (χ2v) is 7.07. The number of carbonyl (C=O) groups excluding carboxylic acids is 1. The van der Waals surface area contributed by atoms with Gasteiger partial charge in [0, 0.05) is 26.2 Å². The summed E-state index contributed by atoms with van der Waals surface area (Å²) in [6.07, 6.45) is 2.83. The molecule has 0 spiro atoms. The zero-order chi connectivity index (χ0) is 16.9. The van der Waals surface area contributed by atoms with Crippen molar-refractivity contribution < 1.29 is 9.21 Å². The summed E-state index contributed by atoms with van der Waals surface area (Å²) in [6.45, 7) is 8.43. The Morgan fingerprint density at radius 3 is 2.50 bits per heavy atom. The Balaban J connectivity index is 1.63. The molecule has 2 heterocycles. The number of furan rings is 1. The Labute approximate surface area is 143 Å². The molecule has 2 aromatic rings. The van der Waals surface area contributed by atoms with E-state index >= 15 is 0 Å². The summed E-state index contributed by atoms with van der Waals surface area (Å²) in [5, 5.41) is 2.95. The van der Waals surface area contributed by atoms with Gasteiger partial charge in [-0.05, 0) is 41.5 Å². The predicted octanol–water partition coefficient (Wildman–Crippen LogP) is 3.69. The Kier molecular flexibility index (Phi) is 5.36. The van der Waals surface area contributed by atoms with E-state index in [9.17, 15) is 4.79 Å². The molecule has 1 fully saturated rings. The Bertz CT molecular complexity index is 656. The topological polar surface area (TPSA) is 45.5 Å². The van der Waals surface area contributed by atoms with E-state index in [0.29, 0.717) is 12.3 Å². The highest BCUT2D eigenvalue weighted by Gasteiger charge is 2.22. The number of piperidine rings is 1. The predicted molar refractivity (Wildman–Crippen MR) is 94.5 cm³/mol. The van der Waals surface area contributed by atoms with Gasteiger partial charge in [-0.25, -0.2) is 0 Å². The molecule has 1 aromatic heterocycles. The monoisotopic (exact) mass is 326 g/mol. The van der Waals surface area contributed by atoms with Crippen molar-refractivity contribution in [2.45, 2.75) is 33.4 Å². The van der Waals surface area contributed by atoms with Crippen molar-refractivity contribution in [1.82, 2.24) is 10.2 Å². The van der Waals surface area contributed by atoms with Crippen LogP contribution in [0.2, 0.25) is 0 Å². The summed E-state index contributed by atoms with van der Waals surface area (Å²) < 4.78 is 5.14. The molecule has 4 nitrogen and oxygen atoms in total. The van der Waals surface area contributed by atoms with Crippen LogP contribution in [0.3, 0.4) is 0 Å². The van der Waals surface area contributed by atoms with Crippen LogP contribution in [0.4, 0.5) is 0 Å². The summed E-state index contributed by atoms with van der Waals surface area (Å²) >= 11 is 0. The smallest absolute Gasteiger partial charge is 0.287 e. The number of nitrogens with one attached hydrogen (secondary N) is 1. The number of benzene rings is 1. The van der Waals surface area contributed by atoms with Gasteiger partial charge in [0.05, 0.1) is 6.26 Å². The number of amides is 1. The molecule has 128 valence electrons. The summed E-state index contributed by atoms with van der Waals surface area (Å²) in [4.78, 5) is 14.6. The van der Waals surface area contributed by atoms with Crippen molar-refractivity contribution in [3.05, 3.63) is 59.5 Å². The third-order valence-corrected chi connectivity index (χ3v) is 4.64. The van der Waals surface area contributed by atoms with Gasteiger partial charge in [0.2, 0.25) is 0 Å². The van der Waals surface area contributed by atoms with Crippen molar-refractivity contribution in [2.75, 3.05) is 13.1 Å². The minimum Gasteiger partial charge on any atom is -0.459 e. The molecule has 1 amide bonds. The molecular weight excluding hydrogens is 300 g/mol. The van der Waals surface area contributed by atoms with Crippen LogP contribution >= 0.6 is 0 Å². The van der Waals surface area contributed by atoms with Crippen molar-refractivity contribution >= 4 is 5.91 Å². The number of nitrogens with zero attached hydrogens (tertiary/aromatic N) is 1. The van der Waals surface area contributed by atoms with Gasteiger partial charge in [0.1, 0.15) is 0 Å². The molecule has 1 aromatic carbocycles. The maximum atomic E-state index is 12.1. The van der Waals surface area contributed by atoms with Crippen LogP contribution < -0.4 is 5.32 Å². The van der Waals surface area contributed by atoms with Gasteiger partial charge in [-0.15, -0.1) is 0 Å². The summed E-state index contributed by atoms with van der Waals surface area (Å²) in [5.41, 5.74) is 2.46. The van der Waals surface area contributed by atoms with E-state index in [0.717, 1.165) is 31.5 Å². The van der Waals surface area contributed by atoms with E-state index in [2.05, 4.69) is 42.3 Å². The third-order valence-electron chi connectivity index (χ3n) is 4.64. The van der Waals surface area contributed by atoms with Crippen molar-refractivity contribution in [3.8, 4) is 0 Å². The van der Waals surface area contributed by atoms with Gasteiger partial charge in [-0.2, -0.15) is 0 Å². The molecule has 24 heavy (non-hydrogen) atoms. The van der Waals surface area contributed by atoms with Gasteiger partial charge in [-0.3, -0.25) is 9.69 Å². The van der Waals surface area contributed by atoms with Crippen LogP contribution in [0.1, 0.15) is 41.9 Å². The van der Waals surface area contributed by atoms with Gasteiger partial charge in [0.15, 0.2) is 5.76 Å². The number of carbonyl (C=O) groups is 1. The lowest BCUT2D eigenvalue weighted by Gasteiger charge is -2.35. The van der Waals surface area contributed by atoms with Crippen LogP contribution in [0.5, 0.6) is 0 Å². The summed E-state index contributed by atoms with van der Waals surface area (Å²) in [7, 11) is 0. The molecule has 4 heteroatoms. The molecule has 1 N–H and O–H groups in total. The van der Waals surface area contributed by atoms with Crippen LogP contribution in [0, 0.1) is 11.8 Å². The maximum absolute atomic E-state index is 12.1. The molecule has 0 aliphatic carbocycles. The number of rotatable bonds is 5. The van der Waals surface area contributed by atoms with Gasteiger partial charge >= 0.3 is 0 Å². The molecule has 0 radical (unpaired) electrons. The lowest BCUT2D eigenvalue weighted by Crippen LogP contribution is -2.38. The number of hydrogen-bond acceptors (Lipinski definition) is 3. The molecule has 2 unspecified atom stereocenters. The standard InChI is InChI=1S/C20H26N2O2/c1-15-10-16(2)13-22(12-15)14-18-7-4-3-6-17(18)11-21-20(23)19-8-5-9-24-19/h3-9,15-16H,10-14H2,1-2H3,(H,21,23). The Morgan fingerprint density at radius 2 is 1.83 bits per heavy atom. The highest BCUT2D eigenvalue weighted by atomic mass is 16.3. The highest BCUT2D eigenvalue weighted by molar-refractivity contribution is 5.91. The van der Waals surface area contributed by atoms with E-state index in [1.165, 1.54) is 23.8 Å².